The van der Waals surface area contributed by atoms with Crippen molar-refractivity contribution >= 4 is 21.5 Å². The third-order valence-electron chi connectivity index (χ3n) is 3.27. The van der Waals surface area contributed by atoms with Crippen LogP contribution in [0.25, 0.3) is 0 Å². The highest BCUT2D eigenvalue weighted by Gasteiger charge is 2.21. The number of hydrazine groups is 1. The van der Waals surface area contributed by atoms with Gasteiger partial charge in [-0.2, -0.15) is 0 Å². The van der Waals surface area contributed by atoms with Crippen LogP contribution in [0.2, 0.25) is 0 Å². The molecular weight excluding hydrogens is 278 g/mol. The molecule has 3 N–H and O–H groups in total. The molecule has 0 radical (unpaired) electrons. The molecule has 2 heterocycles. The summed E-state index contributed by atoms with van der Waals surface area (Å²) in [5.74, 6) is 8.00. The maximum Gasteiger partial charge on any atom is 0.152 e. The molecule has 1 aromatic heterocycles. The molecule has 0 bridgehead atoms. The number of nitrogens with one attached hydrogen (secondary N) is 1. The van der Waals surface area contributed by atoms with Crippen molar-refractivity contribution in [3.05, 3.63) is 11.9 Å². The molecule has 112 valence electrons. The van der Waals surface area contributed by atoms with Gasteiger partial charge in [-0.1, -0.05) is 13.8 Å². The highest BCUT2D eigenvalue weighted by atomic mass is 32.2. The molecule has 2 rings (SSSR count). The average molecular weight is 299 g/mol. The van der Waals surface area contributed by atoms with Gasteiger partial charge in [-0.15, -0.1) is 0 Å². The van der Waals surface area contributed by atoms with Gasteiger partial charge in [-0.25, -0.2) is 24.2 Å². The second-order valence-corrected chi connectivity index (χ2v) is 7.56. The predicted molar refractivity (Wildman–Crippen MR) is 79.4 cm³/mol. The Bertz CT molecular complexity index is 573. The van der Waals surface area contributed by atoms with Crippen molar-refractivity contribution in [1.29, 1.82) is 0 Å². The summed E-state index contributed by atoms with van der Waals surface area (Å²) in [6, 6.07) is 1.75. The Morgan fingerprint density at radius 3 is 2.70 bits per heavy atom. The number of anilines is 2. The fourth-order valence-corrected chi connectivity index (χ4v) is 3.39. The number of rotatable bonds is 3. The minimum Gasteiger partial charge on any atom is -0.355 e. The first-order valence-electron chi connectivity index (χ1n) is 6.72. The molecule has 0 saturated carbocycles. The van der Waals surface area contributed by atoms with Crippen LogP contribution in [0.15, 0.2) is 6.07 Å². The number of nitrogen functional groups attached to an aromatic ring is 1. The quantitative estimate of drug-likeness (QED) is 0.619. The Hall–Kier alpha value is -1.41. The fourth-order valence-electron chi connectivity index (χ4n) is 2.11. The lowest BCUT2D eigenvalue weighted by atomic mass is 10.2. The minimum absolute atomic E-state index is 0.166. The fraction of sp³-hybridized carbons (Fsp3) is 0.667. The molecule has 0 aliphatic carbocycles. The van der Waals surface area contributed by atoms with Crippen molar-refractivity contribution < 1.29 is 8.42 Å². The van der Waals surface area contributed by atoms with Crippen LogP contribution in [-0.4, -0.2) is 43.0 Å². The molecule has 8 heteroatoms. The van der Waals surface area contributed by atoms with E-state index in [2.05, 4.69) is 15.4 Å². The van der Waals surface area contributed by atoms with E-state index in [4.69, 9.17) is 5.84 Å². The van der Waals surface area contributed by atoms with Crippen LogP contribution in [0.5, 0.6) is 0 Å². The zero-order valence-corrected chi connectivity index (χ0v) is 12.7. The molecule has 1 aliphatic rings. The van der Waals surface area contributed by atoms with Crippen LogP contribution in [0, 0.1) is 0 Å². The van der Waals surface area contributed by atoms with Crippen molar-refractivity contribution in [2.75, 3.05) is 34.9 Å². The lowest BCUT2D eigenvalue weighted by Crippen LogP contribution is -2.28. The second-order valence-electron chi connectivity index (χ2n) is 5.26. The van der Waals surface area contributed by atoms with Crippen molar-refractivity contribution in [2.24, 2.45) is 5.84 Å². The summed E-state index contributed by atoms with van der Waals surface area (Å²) >= 11 is 0. The van der Waals surface area contributed by atoms with Gasteiger partial charge in [0.1, 0.15) is 17.5 Å². The normalized spacial score (nSPS) is 18.9. The second kappa shape index (κ2) is 5.92. The SMILES string of the molecule is CC(C)c1nc(NN)cc(N2CCCS(=O)(=O)CC2)n1. The van der Waals surface area contributed by atoms with Gasteiger partial charge in [0.05, 0.1) is 11.5 Å². The zero-order chi connectivity index (χ0) is 14.8. The van der Waals surface area contributed by atoms with Gasteiger partial charge < -0.3 is 10.3 Å². The van der Waals surface area contributed by atoms with Gasteiger partial charge in [-0.05, 0) is 6.42 Å². The third-order valence-corrected chi connectivity index (χ3v) is 4.99. The van der Waals surface area contributed by atoms with Crippen LogP contribution in [0.3, 0.4) is 0 Å². The molecule has 1 aromatic rings. The Kier molecular flexibility index (Phi) is 4.44. The summed E-state index contributed by atoms with van der Waals surface area (Å²) in [6.45, 7) is 5.15. The van der Waals surface area contributed by atoms with Gasteiger partial charge in [-0.3, -0.25) is 0 Å². The molecule has 7 nitrogen and oxygen atoms in total. The molecule has 1 aliphatic heterocycles. The maximum atomic E-state index is 11.7. The topological polar surface area (TPSA) is 101 Å². The average Bonchev–Trinajstić information content (AvgIpc) is 2.59. The van der Waals surface area contributed by atoms with E-state index < -0.39 is 9.84 Å². The van der Waals surface area contributed by atoms with Crippen LogP contribution in [0.1, 0.15) is 32.0 Å². The summed E-state index contributed by atoms with van der Waals surface area (Å²) in [4.78, 5) is 10.8. The van der Waals surface area contributed by atoms with E-state index in [0.29, 0.717) is 31.2 Å². The monoisotopic (exact) mass is 299 g/mol. The number of hydrogen-bond donors (Lipinski definition) is 2. The first kappa shape index (κ1) is 15.0. The van der Waals surface area contributed by atoms with Crippen molar-refractivity contribution in [3.63, 3.8) is 0 Å². The van der Waals surface area contributed by atoms with Gasteiger partial charge in [0.2, 0.25) is 0 Å². The first-order valence-corrected chi connectivity index (χ1v) is 8.54. The summed E-state index contributed by atoms with van der Waals surface area (Å²) in [5.41, 5.74) is 2.54. The largest absolute Gasteiger partial charge is 0.355 e. The van der Waals surface area contributed by atoms with E-state index in [1.807, 2.05) is 18.7 Å². The van der Waals surface area contributed by atoms with Crippen LogP contribution in [0.4, 0.5) is 11.6 Å². The summed E-state index contributed by atoms with van der Waals surface area (Å²) in [7, 11) is -2.93. The minimum atomic E-state index is -2.93. The van der Waals surface area contributed by atoms with E-state index in [1.54, 1.807) is 6.07 Å². The van der Waals surface area contributed by atoms with Crippen LogP contribution < -0.4 is 16.2 Å². The molecule has 1 saturated heterocycles. The van der Waals surface area contributed by atoms with E-state index in [9.17, 15) is 8.42 Å². The number of hydrogen-bond acceptors (Lipinski definition) is 7. The van der Waals surface area contributed by atoms with E-state index in [1.165, 1.54) is 0 Å². The van der Waals surface area contributed by atoms with Gasteiger partial charge in [0.15, 0.2) is 9.84 Å². The van der Waals surface area contributed by atoms with Crippen LogP contribution in [-0.2, 0) is 9.84 Å². The Balaban J connectivity index is 2.29. The first-order chi connectivity index (χ1) is 9.41. The third kappa shape index (κ3) is 3.57. The number of nitrogens with zero attached hydrogens (tertiary/aromatic N) is 3. The number of aromatic nitrogens is 2. The highest BCUT2D eigenvalue weighted by Crippen LogP contribution is 2.21. The standard InChI is InChI=1S/C12H21N5O2S/c1-9(2)12-14-10(16-13)8-11(15-12)17-4-3-6-20(18,19)7-5-17/h8-9H,3-7,13H2,1-2H3,(H,14,15,16). The molecule has 1 fully saturated rings. The Morgan fingerprint density at radius 1 is 1.30 bits per heavy atom. The number of nitrogens with two attached hydrogens (primary N) is 1. The maximum absolute atomic E-state index is 11.7. The molecule has 20 heavy (non-hydrogen) atoms. The molecule has 0 amide bonds. The van der Waals surface area contributed by atoms with Gasteiger partial charge >= 0.3 is 0 Å². The van der Waals surface area contributed by atoms with Gasteiger partial charge in [0.25, 0.3) is 0 Å². The molecule has 0 spiro atoms. The van der Waals surface area contributed by atoms with Gasteiger partial charge in [0, 0.05) is 25.1 Å². The zero-order valence-electron chi connectivity index (χ0n) is 11.8. The molecule has 0 aromatic carbocycles. The van der Waals surface area contributed by atoms with Crippen molar-refractivity contribution in [3.8, 4) is 0 Å². The summed E-state index contributed by atoms with van der Waals surface area (Å²) in [6.07, 6.45) is 0.620. The van der Waals surface area contributed by atoms with E-state index >= 15 is 0 Å². The van der Waals surface area contributed by atoms with E-state index in [-0.39, 0.29) is 17.4 Å². The van der Waals surface area contributed by atoms with Crippen LogP contribution >= 0.6 is 0 Å². The summed E-state index contributed by atoms with van der Waals surface area (Å²) in [5, 5.41) is 0. The molecular formula is C12H21N5O2S. The predicted octanol–water partition coefficient (Wildman–Crippen LogP) is 0.511. The Morgan fingerprint density at radius 2 is 2.05 bits per heavy atom. The highest BCUT2D eigenvalue weighted by molar-refractivity contribution is 7.91. The Labute approximate surface area is 119 Å². The van der Waals surface area contributed by atoms with E-state index in [0.717, 1.165) is 5.82 Å². The molecule has 0 unspecified atom stereocenters. The van der Waals surface area contributed by atoms with Crippen molar-refractivity contribution in [1.82, 2.24) is 9.97 Å². The smallest absolute Gasteiger partial charge is 0.152 e. The lowest BCUT2D eigenvalue weighted by Gasteiger charge is -2.22. The van der Waals surface area contributed by atoms with Crippen molar-refractivity contribution in [2.45, 2.75) is 26.2 Å². The molecule has 0 atom stereocenters. The summed E-state index contributed by atoms with van der Waals surface area (Å²) < 4.78 is 23.3. The number of sulfone groups is 1. The lowest BCUT2D eigenvalue weighted by molar-refractivity contribution is 0.597.